The molecule has 2 aromatic carbocycles. The molecule has 1 aromatic heterocycles. The Labute approximate surface area is 159 Å². The molecule has 0 radical (unpaired) electrons. The monoisotopic (exact) mass is 388 g/mol. The Bertz CT molecular complexity index is 932. The van der Waals surface area contributed by atoms with Crippen LogP contribution < -0.4 is 5.32 Å². The van der Waals surface area contributed by atoms with Crippen LogP contribution in [0.2, 0.25) is 0 Å². The minimum Gasteiger partial charge on any atom is -0.323 e. The van der Waals surface area contributed by atoms with Gasteiger partial charge in [-0.2, -0.15) is 0 Å². The van der Waals surface area contributed by atoms with Crippen LogP contribution in [0.4, 0.5) is 14.5 Å². The third kappa shape index (κ3) is 4.51. The first kappa shape index (κ1) is 19.0. The molecule has 0 fully saturated rings. The largest absolute Gasteiger partial charge is 0.323 e. The van der Waals surface area contributed by atoms with Gasteiger partial charge in [0.2, 0.25) is 5.91 Å². The van der Waals surface area contributed by atoms with Crippen LogP contribution in [0.1, 0.15) is 25.5 Å². The van der Waals surface area contributed by atoms with E-state index in [9.17, 15) is 13.6 Å². The second-order valence-electron chi connectivity index (χ2n) is 5.98. The molecular formula is C19H18F2N4OS. The molecule has 27 heavy (non-hydrogen) atoms. The van der Waals surface area contributed by atoms with Crippen molar-refractivity contribution in [2.45, 2.75) is 30.3 Å². The molecule has 2 atom stereocenters. The van der Waals surface area contributed by atoms with Gasteiger partial charge >= 0.3 is 0 Å². The second-order valence-corrected chi connectivity index (χ2v) is 7.29. The predicted molar refractivity (Wildman–Crippen MR) is 101 cm³/mol. The van der Waals surface area contributed by atoms with Crippen molar-refractivity contribution in [1.82, 2.24) is 14.8 Å². The topological polar surface area (TPSA) is 59.8 Å². The first-order chi connectivity index (χ1) is 13.0. The van der Waals surface area contributed by atoms with Gasteiger partial charge in [-0.1, -0.05) is 42.1 Å². The smallest absolute Gasteiger partial charge is 0.237 e. The fourth-order valence-electron chi connectivity index (χ4n) is 2.51. The first-order valence-corrected chi connectivity index (χ1v) is 9.20. The summed E-state index contributed by atoms with van der Waals surface area (Å²) >= 11 is 1.20. The molecule has 0 saturated heterocycles. The van der Waals surface area contributed by atoms with E-state index < -0.39 is 22.8 Å². The van der Waals surface area contributed by atoms with Crippen molar-refractivity contribution in [3.63, 3.8) is 0 Å². The van der Waals surface area contributed by atoms with Gasteiger partial charge in [-0.05, 0) is 31.5 Å². The van der Waals surface area contributed by atoms with E-state index in [0.717, 1.165) is 23.8 Å². The molecule has 0 unspecified atom stereocenters. The minimum absolute atomic E-state index is 0.0142. The number of anilines is 1. The Morgan fingerprint density at radius 3 is 2.63 bits per heavy atom. The van der Waals surface area contributed by atoms with Crippen LogP contribution in [0.3, 0.4) is 0 Å². The molecule has 0 aliphatic rings. The van der Waals surface area contributed by atoms with Gasteiger partial charge in [0.1, 0.15) is 18.0 Å². The molecule has 3 rings (SSSR count). The Balaban J connectivity index is 1.71. The SMILES string of the molecule is C[C@H](Sc1nncn1[C@@H](C)c1ccccc1)C(=O)Nc1cc(F)ccc1F. The van der Waals surface area contributed by atoms with Crippen LogP contribution in [0.25, 0.3) is 0 Å². The van der Waals surface area contributed by atoms with Gasteiger partial charge in [0.15, 0.2) is 5.16 Å². The third-order valence-electron chi connectivity index (χ3n) is 4.08. The highest BCUT2D eigenvalue weighted by atomic mass is 32.2. The van der Waals surface area contributed by atoms with Gasteiger partial charge in [-0.3, -0.25) is 4.79 Å². The zero-order chi connectivity index (χ0) is 19.4. The fraction of sp³-hybridized carbons (Fsp3) is 0.211. The van der Waals surface area contributed by atoms with Crippen LogP contribution in [0, 0.1) is 11.6 Å². The summed E-state index contributed by atoms with van der Waals surface area (Å²) in [6, 6.07) is 12.8. The number of carbonyl (C=O) groups is 1. The summed E-state index contributed by atoms with van der Waals surface area (Å²) in [6.07, 6.45) is 1.61. The lowest BCUT2D eigenvalue weighted by molar-refractivity contribution is -0.115. The van der Waals surface area contributed by atoms with Gasteiger partial charge in [-0.25, -0.2) is 8.78 Å². The van der Waals surface area contributed by atoms with E-state index in [1.54, 1.807) is 13.3 Å². The number of hydrogen-bond donors (Lipinski definition) is 1. The number of aromatic nitrogens is 3. The van der Waals surface area contributed by atoms with Crippen molar-refractivity contribution in [2.24, 2.45) is 0 Å². The van der Waals surface area contributed by atoms with E-state index in [1.165, 1.54) is 11.8 Å². The molecule has 1 N–H and O–H groups in total. The summed E-state index contributed by atoms with van der Waals surface area (Å²) in [5.41, 5.74) is 0.893. The summed E-state index contributed by atoms with van der Waals surface area (Å²) in [7, 11) is 0. The average molecular weight is 388 g/mol. The van der Waals surface area contributed by atoms with E-state index in [-0.39, 0.29) is 11.7 Å². The van der Waals surface area contributed by atoms with E-state index in [1.807, 2.05) is 41.8 Å². The molecule has 1 heterocycles. The van der Waals surface area contributed by atoms with E-state index in [2.05, 4.69) is 15.5 Å². The number of hydrogen-bond acceptors (Lipinski definition) is 4. The summed E-state index contributed by atoms with van der Waals surface area (Å²) in [5, 5.41) is 10.4. The molecule has 0 bridgehead atoms. The zero-order valence-corrected chi connectivity index (χ0v) is 15.6. The number of benzene rings is 2. The number of nitrogens with zero attached hydrogens (tertiary/aromatic N) is 3. The quantitative estimate of drug-likeness (QED) is 0.640. The number of halogens is 2. The highest BCUT2D eigenvalue weighted by molar-refractivity contribution is 8.00. The molecule has 5 nitrogen and oxygen atoms in total. The number of thioether (sulfide) groups is 1. The van der Waals surface area contributed by atoms with Crippen molar-refractivity contribution in [3.8, 4) is 0 Å². The maximum absolute atomic E-state index is 13.7. The Morgan fingerprint density at radius 1 is 1.15 bits per heavy atom. The third-order valence-corrected chi connectivity index (χ3v) is 5.15. The van der Waals surface area contributed by atoms with E-state index in [0.29, 0.717) is 5.16 Å². The van der Waals surface area contributed by atoms with Crippen molar-refractivity contribution in [1.29, 1.82) is 0 Å². The van der Waals surface area contributed by atoms with Crippen molar-refractivity contribution >= 4 is 23.4 Å². The van der Waals surface area contributed by atoms with Crippen LogP contribution in [-0.4, -0.2) is 25.9 Å². The summed E-state index contributed by atoms with van der Waals surface area (Å²) in [6.45, 7) is 3.68. The van der Waals surface area contributed by atoms with Gasteiger partial charge in [0.25, 0.3) is 0 Å². The molecule has 0 spiro atoms. The van der Waals surface area contributed by atoms with Gasteiger partial charge in [0, 0.05) is 6.07 Å². The summed E-state index contributed by atoms with van der Waals surface area (Å²) in [5.74, 6) is -1.77. The zero-order valence-electron chi connectivity index (χ0n) is 14.8. The maximum atomic E-state index is 13.7. The van der Waals surface area contributed by atoms with E-state index in [4.69, 9.17) is 0 Å². The molecule has 0 saturated carbocycles. The van der Waals surface area contributed by atoms with Crippen LogP contribution in [0.5, 0.6) is 0 Å². The number of nitrogens with one attached hydrogen (secondary N) is 1. The Hall–Kier alpha value is -2.74. The first-order valence-electron chi connectivity index (χ1n) is 8.32. The number of amides is 1. The van der Waals surface area contributed by atoms with Crippen molar-refractivity contribution in [2.75, 3.05) is 5.32 Å². The van der Waals surface area contributed by atoms with Crippen LogP contribution in [-0.2, 0) is 4.79 Å². The standard InChI is InChI=1S/C19H18F2N4OS/c1-12(14-6-4-3-5-7-14)25-11-22-24-19(25)27-13(2)18(26)23-17-10-15(20)8-9-16(17)21/h3-13H,1-2H3,(H,23,26)/t12-,13-/m0/s1. The van der Waals surface area contributed by atoms with Gasteiger partial charge in [0.05, 0.1) is 17.0 Å². The summed E-state index contributed by atoms with van der Waals surface area (Å²) in [4.78, 5) is 12.4. The van der Waals surface area contributed by atoms with Crippen molar-refractivity contribution in [3.05, 3.63) is 72.1 Å². The molecule has 0 aliphatic carbocycles. The molecule has 1 amide bonds. The Morgan fingerprint density at radius 2 is 1.89 bits per heavy atom. The lowest BCUT2D eigenvalue weighted by Crippen LogP contribution is -2.23. The Kier molecular flexibility index (Phi) is 5.85. The molecular weight excluding hydrogens is 370 g/mol. The minimum atomic E-state index is -0.692. The average Bonchev–Trinajstić information content (AvgIpc) is 3.12. The summed E-state index contributed by atoms with van der Waals surface area (Å²) < 4.78 is 28.8. The molecule has 0 aliphatic heterocycles. The fourth-order valence-corrected chi connectivity index (χ4v) is 3.42. The highest BCUT2D eigenvalue weighted by Gasteiger charge is 2.21. The van der Waals surface area contributed by atoms with Crippen molar-refractivity contribution < 1.29 is 13.6 Å². The molecule has 3 aromatic rings. The highest BCUT2D eigenvalue weighted by Crippen LogP contribution is 2.27. The van der Waals surface area contributed by atoms with E-state index >= 15 is 0 Å². The lowest BCUT2D eigenvalue weighted by Gasteiger charge is -2.17. The maximum Gasteiger partial charge on any atom is 0.237 e. The van der Waals surface area contributed by atoms with Crippen LogP contribution in [0.15, 0.2) is 60.0 Å². The van der Waals surface area contributed by atoms with Crippen LogP contribution >= 0.6 is 11.8 Å². The number of carbonyl (C=O) groups excluding carboxylic acids is 1. The lowest BCUT2D eigenvalue weighted by atomic mass is 10.1. The number of rotatable bonds is 6. The molecule has 140 valence electrons. The van der Waals surface area contributed by atoms with Gasteiger partial charge < -0.3 is 9.88 Å². The van der Waals surface area contributed by atoms with Gasteiger partial charge in [-0.15, -0.1) is 10.2 Å². The second kappa shape index (κ2) is 8.30. The predicted octanol–water partition coefficient (Wildman–Crippen LogP) is 4.28. The normalized spacial score (nSPS) is 13.2. The molecule has 8 heteroatoms.